The number of hydrogen-bond donors (Lipinski definition) is 0. The third-order valence-corrected chi connectivity index (χ3v) is 9.90. The first-order valence-corrected chi connectivity index (χ1v) is 17.2. The zero-order chi connectivity index (χ0) is 34.2. The van der Waals surface area contributed by atoms with E-state index in [1.165, 1.54) is 0 Å². The van der Waals surface area contributed by atoms with Crippen molar-refractivity contribution < 1.29 is 8.83 Å². The van der Waals surface area contributed by atoms with Crippen LogP contribution in [0.3, 0.4) is 0 Å². The van der Waals surface area contributed by atoms with Gasteiger partial charge in [-0.3, -0.25) is 0 Å². The lowest BCUT2D eigenvalue weighted by Gasteiger charge is -2.11. The molecule has 6 heteroatoms. The molecule has 0 amide bonds. The fourth-order valence-corrected chi connectivity index (χ4v) is 7.38. The lowest BCUT2D eigenvalue weighted by atomic mass is 9.99. The van der Waals surface area contributed by atoms with Crippen molar-refractivity contribution in [3.63, 3.8) is 0 Å². The number of rotatable bonds is 4. The molecule has 52 heavy (non-hydrogen) atoms. The van der Waals surface area contributed by atoms with Crippen molar-refractivity contribution >= 4 is 65.4 Å². The highest BCUT2D eigenvalue weighted by Crippen LogP contribution is 2.44. The number of fused-ring (bicyclic) bond motifs is 9. The molecule has 0 radical (unpaired) electrons. The van der Waals surface area contributed by atoms with Crippen molar-refractivity contribution in [2.24, 2.45) is 0 Å². The van der Waals surface area contributed by atoms with Crippen molar-refractivity contribution in [1.82, 2.24) is 19.9 Å². The number of aromatic nitrogens is 4. The van der Waals surface area contributed by atoms with E-state index in [1.807, 2.05) is 60.7 Å². The Labute approximate surface area is 296 Å². The van der Waals surface area contributed by atoms with Crippen LogP contribution in [-0.2, 0) is 0 Å². The minimum atomic E-state index is 0.525. The molecule has 0 unspecified atom stereocenters. The zero-order valence-corrected chi connectivity index (χ0v) is 27.6. The number of benzene rings is 8. The van der Waals surface area contributed by atoms with Crippen LogP contribution in [0.2, 0.25) is 0 Å². The minimum Gasteiger partial charge on any atom is -0.455 e. The predicted molar refractivity (Wildman–Crippen MR) is 209 cm³/mol. The van der Waals surface area contributed by atoms with E-state index in [4.69, 9.17) is 28.8 Å². The average molecular weight is 667 g/mol. The first-order chi connectivity index (χ1) is 25.7. The normalized spacial score (nSPS) is 11.8. The van der Waals surface area contributed by atoms with Gasteiger partial charge in [-0.15, -0.1) is 0 Å². The third kappa shape index (κ3) is 4.51. The highest BCUT2D eigenvalue weighted by molar-refractivity contribution is 6.27. The molecule has 0 fully saturated rings. The van der Waals surface area contributed by atoms with E-state index in [9.17, 15) is 0 Å². The van der Waals surface area contributed by atoms with Gasteiger partial charge in [0.15, 0.2) is 23.1 Å². The first kappa shape index (κ1) is 28.6. The van der Waals surface area contributed by atoms with Crippen molar-refractivity contribution in [3.05, 3.63) is 158 Å². The summed E-state index contributed by atoms with van der Waals surface area (Å²) in [6.45, 7) is 0. The lowest BCUT2D eigenvalue weighted by Crippen LogP contribution is -2.00. The van der Waals surface area contributed by atoms with Crippen LogP contribution in [0.5, 0.6) is 0 Å². The van der Waals surface area contributed by atoms with Crippen LogP contribution in [-0.4, -0.2) is 19.9 Å². The van der Waals surface area contributed by atoms with Gasteiger partial charge >= 0.3 is 0 Å². The Bertz CT molecular complexity index is 3100. The van der Waals surface area contributed by atoms with E-state index in [-0.39, 0.29) is 0 Å². The topological polar surface area (TPSA) is 77.8 Å². The molecule has 0 aliphatic heterocycles. The summed E-state index contributed by atoms with van der Waals surface area (Å²) in [5.74, 6) is 2.26. The van der Waals surface area contributed by atoms with Gasteiger partial charge in [0.1, 0.15) is 16.7 Å². The second kappa shape index (κ2) is 11.2. The standard InChI is InChI=1S/C46H26N4O2/c1-2-12-29(13-3-1)46-47-41-38(52-46)23-22-37-40(41)39-35-17-9-8-16-32(35)26-36(42(39)51-37)45-49-43(33-20-18-27-10-4-6-14-30(27)24-33)48-44(50-45)34-21-19-28-11-5-7-15-31(28)25-34/h1-26H. The molecule has 6 nitrogen and oxygen atoms in total. The number of oxazole rings is 1. The smallest absolute Gasteiger partial charge is 0.227 e. The Kier molecular flexibility index (Phi) is 6.15. The van der Waals surface area contributed by atoms with Crippen molar-refractivity contribution in [2.75, 3.05) is 0 Å². The van der Waals surface area contributed by atoms with E-state index in [0.717, 1.165) is 70.9 Å². The Morgan fingerprint density at radius 1 is 0.365 bits per heavy atom. The van der Waals surface area contributed by atoms with E-state index in [1.54, 1.807) is 0 Å². The molecule has 0 saturated carbocycles. The van der Waals surface area contributed by atoms with Crippen molar-refractivity contribution in [1.29, 1.82) is 0 Å². The van der Waals surface area contributed by atoms with Crippen LogP contribution >= 0.6 is 0 Å². The summed E-state index contributed by atoms with van der Waals surface area (Å²) in [4.78, 5) is 20.5. The van der Waals surface area contributed by atoms with Crippen molar-refractivity contribution in [2.45, 2.75) is 0 Å². The van der Waals surface area contributed by atoms with Crippen molar-refractivity contribution in [3.8, 4) is 45.6 Å². The molecule has 0 saturated heterocycles. The molecule has 0 N–H and O–H groups in total. The van der Waals surface area contributed by atoms with Crippen LogP contribution in [0.25, 0.3) is 111 Å². The zero-order valence-electron chi connectivity index (χ0n) is 27.6. The highest BCUT2D eigenvalue weighted by atomic mass is 16.4. The second-order valence-corrected chi connectivity index (χ2v) is 13.1. The maximum absolute atomic E-state index is 6.79. The molecule has 0 atom stereocenters. The summed E-state index contributed by atoms with van der Waals surface area (Å²) in [5.41, 5.74) is 6.35. The minimum absolute atomic E-state index is 0.525. The Balaban J connectivity index is 1.20. The summed E-state index contributed by atoms with van der Waals surface area (Å²) in [6, 6.07) is 53.6. The third-order valence-electron chi connectivity index (χ3n) is 9.90. The van der Waals surface area contributed by atoms with Gasteiger partial charge < -0.3 is 8.83 Å². The van der Waals surface area contributed by atoms with Gasteiger partial charge in [0.25, 0.3) is 0 Å². The molecule has 0 aliphatic rings. The van der Waals surface area contributed by atoms with Crippen LogP contribution in [0.15, 0.2) is 167 Å². The quantitative estimate of drug-likeness (QED) is 0.186. The van der Waals surface area contributed by atoms with Crippen LogP contribution in [0.1, 0.15) is 0 Å². The Morgan fingerprint density at radius 3 is 1.63 bits per heavy atom. The molecule has 0 bridgehead atoms. The lowest BCUT2D eigenvalue weighted by molar-refractivity contribution is 0.619. The van der Waals surface area contributed by atoms with Gasteiger partial charge in [-0.25, -0.2) is 19.9 Å². The molecule has 0 spiro atoms. The van der Waals surface area contributed by atoms with Gasteiger partial charge in [0.2, 0.25) is 5.89 Å². The van der Waals surface area contributed by atoms with E-state index >= 15 is 0 Å². The Morgan fingerprint density at radius 2 is 0.942 bits per heavy atom. The summed E-state index contributed by atoms with van der Waals surface area (Å²) in [5, 5.41) is 8.48. The fraction of sp³-hybridized carbons (Fsp3) is 0. The van der Waals surface area contributed by atoms with Gasteiger partial charge in [-0.1, -0.05) is 115 Å². The monoisotopic (exact) mass is 666 g/mol. The summed E-state index contributed by atoms with van der Waals surface area (Å²) in [6.07, 6.45) is 0. The van der Waals surface area contributed by atoms with Crippen LogP contribution in [0, 0.1) is 0 Å². The SMILES string of the molecule is c1ccc(-c2nc3c(ccc4oc5c(-c6nc(-c7ccc8ccccc8c7)nc(-c7ccc8ccccc8c7)n6)cc6ccccc6c5c43)o2)cc1. The molecule has 242 valence electrons. The fourth-order valence-electron chi connectivity index (χ4n) is 7.38. The van der Waals surface area contributed by atoms with E-state index < -0.39 is 0 Å². The van der Waals surface area contributed by atoms with E-state index in [2.05, 4.69) is 97.1 Å². The van der Waals surface area contributed by atoms with Crippen LogP contribution < -0.4 is 0 Å². The number of nitrogens with zero attached hydrogens (tertiary/aromatic N) is 4. The summed E-state index contributed by atoms with van der Waals surface area (Å²) in [7, 11) is 0. The Hall–Kier alpha value is -7.18. The maximum atomic E-state index is 6.79. The highest BCUT2D eigenvalue weighted by Gasteiger charge is 2.23. The number of hydrogen-bond acceptors (Lipinski definition) is 6. The van der Waals surface area contributed by atoms with Gasteiger partial charge in [-0.2, -0.15) is 0 Å². The largest absolute Gasteiger partial charge is 0.455 e. The molecule has 3 heterocycles. The van der Waals surface area contributed by atoms with Gasteiger partial charge in [0.05, 0.1) is 10.9 Å². The molecule has 8 aromatic carbocycles. The molecular formula is C46H26N4O2. The van der Waals surface area contributed by atoms with E-state index in [0.29, 0.717) is 40.1 Å². The summed E-state index contributed by atoms with van der Waals surface area (Å²) < 4.78 is 13.1. The molecule has 0 aliphatic carbocycles. The average Bonchev–Trinajstić information content (AvgIpc) is 3.83. The maximum Gasteiger partial charge on any atom is 0.227 e. The molecular weight excluding hydrogens is 641 g/mol. The second-order valence-electron chi connectivity index (χ2n) is 13.1. The molecule has 11 aromatic rings. The van der Waals surface area contributed by atoms with Crippen LogP contribution in [0.4, 0.5) is 0 Å². The first-order valence-electron chi connectivity index (χ1n) is 17.2. The molecule has 11 rings (SSSR count). The number of furan rings is 1. The summed E-state index contributed by atoms with van der Waals surface area (Å²) >= 11 is 0. The van der Waals surface area contributed by atoms with Gasteiger partial charge in [0, 0.05) is 22.1 Å². The predicted octanol–water partition coefficient (Wildman–Crippen LogP) is 12.0. The molecule has 3 aromatic heterocycles. The van der Waals surface area contributed by atoms with Gasteiger partial charge in [-0.05, 0) is 74.8 Å².